The zero-order valence-electron chi connectivity index (χ0n) is 10.9. The van der Waals surface area contributed by atoms with Crippen molar-refractivity contribution in [2.75, 3.05) is 6.61 Å². The van der Waals surface area contributed by atoms with Crippen LogP contribution in [0, 0.1) is 0 Å². The summed E-state index contributed by atoms with van der Waals surface area (Å²) >= 11 is 0. The Bertz CT molecular complexity index is 240. The molecule has 0 aromatic rings. The molecular formula is C13H24O5. The van der Waals surface area contributed by atoms with Crippen molar-refractivity contribution in [1.82, 2.24) is 0 Å². The first-order valence-corrected chi connectivity index (χ1v) is 6.46. The van der Waals surface area contributed by atoms with Crippen LogP contribution in [0.15, 0.2) is 12.2 Å². The van der Waals surface area contributed by atoms with Crippen LogP contribution in [0.4, 0.5) is 0 Å². The van der Waals surface area contributed by atoms with E-state index in [1.807, 2.05) is 0 Å². The summed E-state index contributed by atoms with van der Waals surface area (Å²) in [6.45, 7) is 1.50. The molecule has 0 spiro atoms. The summed E-state index contributed by atoms with van der Waals surface area (Å²) < 4.78 is 4.47. The Hall–Kier alpha value is -0.910. The summed E-state index contributed by atoms with van der Waals surface area (Å²) in [6.07, 6.45) is 6.36. The van der Waals surface area contributed by atoms with E-state index in [4.69, 9.17) is 15.3 Å². The number of hydrogen-bond donors (Lipinski definition) is 3. The molecule has 0 saturated heterocycles. The second kappa shape index (κ2) is 11.2. The Morgan fingerprint density at radius 3 is 2.50 bits per heavy atom. The zero-order chi connectivity index (χ0) is 13.8. The molecule has 0 radical (unpaired) electrons. The number of aliphatic hydroxyl groups is 3. The molecular weight excluding hydrogens is 236 g/mol. The average Bonchev–Trinajstić information content (AvgIpc) is 2.36. The van der Waals surface area contributed by atoms with Crippen molar-refractivity contribution in [3.63, 3.8) is 0 Å². The number of esters is 1. The fraction of sp³-hybridized carbons (Fsp3) is 0.769. The highest BCUT2D eigenvalue weighted by Gasteiger charge is 2.18. The lowest BCUT2D eigenvalue weighted by Gasteiger charge is -2.14. The predicted molar refractivity (Wildman–Crippen MR) is 67.7 cm³/mol. The Morgan fingerprint density at radius 2 is 1.89 bits per heavy atom. The van der Waals surface area contributed by atoms with Gasteiger partial charge in [-0.1, -0.05) is 38.7 Å². The maximum absolute atomic E-state index is 11.1. The molecule has 0 aliphatic carbocycles. The van der Waals surface area contributed by atoms with Crippen LogP contribution in [0.5, 0.6) is 0 Å². The molecule has 0 aromatic heterocycles. The van der Waals surface area contributed by atoms with Gasteiger partial charge in [-0.25, -0.2) is 4.79 Å². The summed E-state index contributed by atoms with van der Waals surface area (Å²) in [5.74, 6) is -0.719. The minimum absolute atomic E-state index is 0.657. The van der Waals surface area contributed by atoms with Gasteiger partial charge in [0.25, 0.3) is 0 Å². The SMILES string of the molecule is CCCCCCC/C=C/C(=O)OC(O)C(O)CO. The molecule has 0 amide bonds. The van der Waals surface area contributed by atoms with E-state index in [-0.39, 0.29) is 0 Å². The first-order valence-electron chi connectivity index (χ1n) is 6.46. The Labute approximate surface area is 108 Å². The number of carbonyl (C=O) groups is 1. The summed E-state index contributed by atoms with van der Waals surface area (Å²) in [6, 6.07) is 0. The number of aliphatic hydroxyl groups excluding tert-OH is 3. The van der Waals surface area contributed by atoms with E-state index in [0.717, 1.165) is 19.3 Å². The Morgan fingerprint density at radius 1 is 1.22 bits per heavy atom. The molecule has 5 nitrogen and oxygen atoms in total. The number of rotatable bonds is 10. The normalized spacial score (nSPS) is 14.7. The molecule has 18 heavy (non-hydrogen) atoms. The molecule has 2 atom stereocenters. The first kappa shape index (κ1) is 17.1. The van der Waals surface area contributed by atoms with Crippen LogP contribution in [0.1, 0.15) is 45.4 Å². The van der Waals surface area contributed by atoms with Gasteiger partial charge in [-0.3, -0.25) is 0 Å². The fourth-order valence-corrected chi connectivity index (χ4v) is 1.37. The third-order valence-electron chi connectivity index (χ3n) is 2.48. The summed E-state index contributed by atoms with van der Waals surface area (Å²) in [4.78, 5) is 11.1. The van der Waals surface area contributed by atoms with Gasteiger partial charge < -0.3 is 20.1 Å². The average molecular weight is 260 g/mol. The van der Waals surface area contributed by atoms with Gasteiger partial charge in [-0.05, 0) is 12.8 Å². The standard InChI is InChI=1S/C13H24O5/c1-2-3-4-5-6-7-8-9-12(16)18-13(17)11(15)10-14/h8-9,11,13-15,17H,2-7,10H2,1H3/b9-8+. The quantitative estimate of drug-likeness (QED) is 0.237. The minimum atomic E-state index is -1.68. The summed E-state index contributed by atoms with van der Waals surface area (Å²) in [5, 5.41) is 26.6. The van der Waals surface area contributed by atoms with E-state index in [9.17, 15) is 4.79 Å². The molecule has 0 heterocycles. The number of allylic oxidation sites excluding steroid dienone is 1. The molecule has 0 aromatic carbocycles. The molecule has 0 aliphatic heterocycles. The van der Waals surface area contributed by atoms with Crippen LogP contribution in [0.3, 0.4) is 0 Å². The number of carbonyl (C=O) groups excluding carboxylic acids is 1. The fourth-order valence-electron chi connectivity index (χ4n) is 1.37. The van der Waals surface area contributed by atoms with E-state index in [1.165, 1.54) is 25.3 Å². The topological polar surface area (TPSA) is 87.0 Å². The molecule has 0 fully saturated rings. The monoisotopic (exact) mass is 260 g/mol. The van der Waals surface area contributed by atoms with Crippen molar-refractivity contribution in [2.24, 2.45) is 0 Å². The van der Waals surface area contributed by atoms with Crippen molar-refractivity contribution >= 4 is 5.97 Å². The zero-order valence-corrected chi connectivity index (χ0v) is 10.9. The van der Waals surface area contributed by atoms with Gasteiger partial charge in [0.15, 0.2) is 0 Å². The lowest BCUT2D eigenvalue weighted by atomic mass is 10.1. The highest BCUT2D eigenvalue weighted by atomic mass is 16.6. The Kier molecular flexibility index (Phi) is 10.6. The maximum Gasteiger partial charge on any atom is 0.332 e. The molecule has 106 valence electrons. The van der Waals surface area contributed by atoms with Crippen molar-refractivity contribution in [3.8, 4) is 0 Å². The van der Waals surface area contributed by atoms with Gasteiger partial charge in [0.1, 0.15) is 6.10 Å². The van der Waals surface area contributed by atoms with Crippen molar-refractivity contribution in [1.29, 1.82) is 0 Å². The molecule has 5 heteroatoms. The number of hydrogen-bond acceptors (Lipinski definition) is 5. The van der Waals surface area contributed by atoms with E-state index in [2.05, 4.69) is 11.7 Å². The lowest BCUT2D eigenvalue weighted by Crippen LogP contribution is -2.33. The number of ether oxygens (including phenoxy) is 1. The van der Waals surface area contributed by atoms with Gasteiger partial charge in [-0.2, -0.15) is 0 Å². The van der Waals surface area contributed by atoms with E-state index < -0.39 is 25.0 Å². The van der Waals surface area contributed by atoms with Gasteiger partial charge in [0.05, 0.1) is 6.61 Å². The van der Waals surface area contributed by atoms with Crippen LogP contribution in [0.2, 0.25) is 0 Å². The molecule has 0 bridgehead atoms. The van der Waals surface area contributed by atoms with E-state index in [1.54, 1.807) is 6.08 Å². The third kappa shape index (κ3) is 9.15. The van der Waals surface area contributed by atoms with Crippen molar-refractivity contribution < 1.29 is 24.9 Å². The first-order chi connectivity index (χ1) is 8.61. The van der Waals surface area contributed by atoms with E-state index in [0.29, 0.717) is 0 Å². The second-order valence-electron chi connectivity index (χ2n) is 4.18. The highest BCUT2D eigenvalue weighted by molar-refractivity contribution is 5.81. The van der Waals surface area contributed by atoms with Gasteiger partial charge in [-0.15, -0.1) is 0 Å². The van der Waals surface area contributed by atoms with Crippen LogP contribution in [-0.4, -0.2) is 40.3 Å². The predicted octanol–water partition coefficient (Wildman–Crippen LogP) is 1.12. The minimum Gasteiger partial charge on any atom is -0.430 e. The number of unbranched alkanes of at least 4 members (excludes halogenated alkanes) is 5. The van der Waals surface area contributed by atoms with Crippen LogP contribution in [0.25, 0.3) is 0 Å². The second-order valence-corrected chi connectivity index (χ2v) is 4.18. The van der Waals surface area contributed by atoms with Crippen molar-refractivity contribution in [3.05, 3.63) is 12.2 Å². The largest absolute Gasteiger partial charge is 0.430 e. The molecule has 0 saturated carbocycles. The van der Waals surface area contributed by atoms with Gasteiger partial charge in [0, 0.05) is 6.08 Å². The summed E-state index contributed by atoms with van der Waals surface area (Å²) in [7, 11) is 0. The summed E-state index contributed by atoms with van der Waals surface area (Å²) in [5.41, 5.74) is 0. The van der Waals surface area contributed by atoms with Gasteiger partial charge >= 0.3 is 5.97 Å². The maximum atomic E-state index is 11.1. The van der Waals surface area contributed by atoms with Gasteiger partial charge in [0.2, 0.25) is 6.29 Å². The third-order valence-corrected chi connectivity index (χ3v) is 2.48. The highest BCUT2D eigenvalue weighted by Crippen LogP contribution is 2.05. The van der Waals surface area contributed by atoms with Crippen LogP contribution >= 0.6 is 0 Å². The lowest BCUT2D eigenvalue weighted by molar-refractivity contribution is -0.185. The molecule has 2 unspecified atom stereocenters. The van der Waals surface area contributed by atoms with Crippen LogP contribution in [-0.2, 0) is 9.53 Å². The Balaban J connectivity index is 3.62. The van der Waals surface area contributed by atoms with E-state index >= 15 is 0 Å². The van der Waals surface area contributed by atoms with Crippen molar-refractivity contribution in [2.45, 2.75) is 57.8 Å². The molecule has 0 rings (SSSR count). The van der Waals surface area contributed by atoms with Crippen LogP contribution < -0.4 is 0 Å². The molecule has 3 N–H and O–H groups in total. The smallest absolute Gasteiger partial charge is 0.332 e. The molecule has 0 aliphatic rings.